The van der Waals surface area contributed by atoms with Gasteiger partial charge in [-0.3, -0.25) is 0 Å². The number of carbonyl (C=O) groups excluding carboxylic acids is 1. The van der Waals surface area contributed by atoms with Gasteiger partial charge in [-0.15, -0.1) is 0 Å². The van der Waals surface area contributed by atoms with E-state index in [0.717, 1.165) is 30.4 Å². The standard InChI is InChI=1S/C13H19O2.Hg/c1-6-7-8-11-9(2)12(14)10(3)13(11,4)15-5;/h3H,6-8H2,1-2,4-5H3;. The number of unbranched alkanes of at least 4 members (excludes halogenated alkanes) is 1. The zero-order valence-corrected chi connectivity index (χ0v) is 16.2. The van der Waals surface area contributed by atoms with Crippen molar-refractivity contribution >= 4 is 5.78 Å². The van der Waals surface area contributed by atoms with Crippen LogP contribution in [0.4, 0.5) is 0 Å². The molecule has 0 heterocycles. The zero-order chi connectivity index (χ0) is 12.3. The minimum atomic E-state index is -0.446. The van der Waals surface area contributed by atoms with Crippen LogP contribution in [-0.2, 0) is 35.7 Å². The first-order valence-electron chi connectivity index (χ1n) is 5.82. The Balaban J connectivity index is 3.15. The van der Waals surface area contributed by atoms with Crippen LogP contribution in [0.15, 0.2) is 20.3 Å². The number of hydrogen-bond donors (Lipinski definition) is 0. The quantitative estimate of drug-likeness (QED) is 0.529. The summed E-state index contributed by atoms with van der Waals surface area (Å²) in [6.07, 6.45) is 3.25. The van der Waals surface area contributed by atoms with Crippen LogP contribution < -0.4 is 0 Å². The molecule has 1 aliphatic rings. The van der Waals surface area contributed by atoms with Gasteiger partial charge >= 0.3 is 114 Å². The molecule has 0 aromatic rings. The van der Waals surface area contributed by atoms with Crippen molar-refractivity contribution in [1.29, 1.82) is 0 Å². The van der Waals surface area contributed by atoms with Crippen LogP contribution in [0.1, 0.15) is 40.0 Å². The summed E-state index contributed by atoms with van der Waals surface area (Å²) in [6, 6.07) is 0. The molecule has 0 N–H and O–H groups in total. The molecule has 0 spiro atoms. The van der Waals surface area contributed by atoms with E-state index in [1.807, 2.05) is 13.8 Å². The molecular formula is C13H19HgO2. The van der Waals surface area contributed by atoms with Gasteiger partial charge in [0, 0.05) is 0 Å². The third-order valence-corrected chi connectivity index (χ3v) is 5.11. The van der Waals surface area contributed by atoms with Crippen LogP contribution in [0, 0.1) is 0 Å². The van der Waals surface area contributed by atoms with Gasteiger partial charge in [-0.25, -0.2) is 0 Å². The second kappa shape index (κ2) is 5.59. The number of carbonyl (C=O) groups is 1. The summed E-state index contributed by atoms with van der Waals surface area (Å²) in [6.45, 7) is 6.14. The summed E-state index contributed by atoms with van der Waals surface area (Å²) >= 11 is 0.489. The first kappa shape index (κ1) is 14.1. The van der Waals surface area contributed by atoms with Gasteiger partial charge in [-0.1, -0.05) is 0 Å². The molecule has 0 aromatic carbocycles. The summed E-state index contributed by atoms with van der Waals surface area (Å²) in [4.78, 5) is 12.1. The van der Waals surface area contributed by atoms with Gasteiger partial charge in [0.25, 0.3) is 0 Å². The van der Waals surface area contributed by atoms with E-state index in [-0.39, 0.29) is 5.78 Å². The monoisotopic (exact) mass is 409 g/mol. The molecular weight excluding hydrogens is 389 g/mol. The number of ketones is 1. The maximum atomic E-state index is 12.1. The summed E-state index contributed by atoms with van der Waals surface area (Å²) in [5, 5.41) is 0. The van der Waals surface area contributed by atoms with Gasteiger partial charge in [0.2, 0.25) is 0 Å². The molecule has 0 bridgehead atoms. The van der Waals surface area contributed by atoms with Crippen LogP contribution in [0.3, 0.4) is 0 Å². The Labute approximate surface area is 114 Å². The van der Waals surface area contributed by atoms with Crippen molar-refractivity contribution in [2.75, 3.05) is 7.11 Å². The van der Waals surface area contributed by atoms with Crippen molar-refractivity contribution in [3.8, 4) is 0 Å². The first-order chi connectivity index (χ1) is 7.52. The van der Waals surface area contributed by atoms with E-state index in [4.69, 9.17) is 4.74 Å². The van der Waals surface area contributed by atoms with Crippen molar-refractivity contribution in [2.24, 2.45) is 0 Å². The number of allylic oxidation sites excluding steroid dienone is 1. The van der Waals surface area contributed by atoms with Crippen molar-refractivity contribution in [1.82, 2.24) is 0 Å². The van der Waals surface area contributed by atoms with Crippen LogP contribution >= 0.6 is 0 Å². The molecule has 1 rings (SSSR count). The molecule has 16 heavy (non-hydrogen) atoms. The van der Waals surface area contributed by atoms with Crippen molar-refractivity contribution in [3.05, 3.63) is 20.3 Å². The van der Waals surface area contributed by atoms with Crippen LogP contribution in [0.25, 0.3) is 0 Å². The summed E-state index contributed by atoms with van der Waals surface area (Å²) < 4.78 is 7.71. The Bertz CT molecular complexity index is 355. The molecule has 0 aromatic heterocycles. The predicted molar refractivity (Wildman–Crippen MR) is 60.7 cm³/mol. The predicted octanol–water partition coefficient (Wildman–Crippen LogP) is 2.91. The molecule has 0 fully saturated rings. The summed E-state index contributed by atoms with van der Waals surface area (Å²) in [5.74, 6) is 0.199. The number of Topliss-reactive ketones (excluding diaryl/α,β-unsaturated/α-hetero) is 1. The second-order valence-electron chi connectivity index (χ2n) is 4.39. The molecule has 0 radical (unpaired) electrons. The summed E-state index contributed by atoms with van der Waals surface area (Å²) in [7, 11) is 1.70. The number of ether oxygens (including phenoxy) is 1. The molecule has 0 saturated heterocycles. The van der Waals surface area contributed by atoms with Crippen LogP contribution in [0.2, 0.25) is 0 Å². The van der Waals surface area contributed by atoms with Gasteiger partial charge in [0.1, 0.15) is 0 Å². The molecule has 3 heteroatoms. The minimum absolute atomic E-state index is 0.199. The molecule has 1 atom stereocenters. The number of methoxy groups -OCH3 is 1. The van der Waals surface area contributed by atoms with Crippen LogP contribution in [-0.4, -0.2) is 18.5 Å². The number of hydrogen-bond acceptors (Lipinski definition) is 2. The molecule has 1 unspecified atom stereocenters. The average molecular weight is 408 g/mol. The normalized spacial score (nSPS) is 28.4. The zero-order valence-electron chi connectivity index (χ0n) is 10.7. The Hall–Kier alpha value is 0.0451. The molecule has 0 aliphatic heterocycles. The SMILES string of the molecule is CCCCC1=C(C)C(=O)/C(=[CH]\[Hg])C1(C)OC. The fourth-order valence-corrected chi connectivity index (χ4v) is 4.61. The van der Waals surface area contributed by atoms with E-state index in [9.17, 15) is 4.79 Å². The third kappa shape index (κ3) is 2.19. The maximum absolute atomic E-state index is 12.1. The summed E-state index contributed by atoms with van der Waals surface area (Å²) in [5.41, 5.74) is 2.54. The van der Waals surface area contributed by atoms with E-state index in [2.05, 4.69) is 10.5 Å². The molecule has 1 aliphatic carbocycles. The fourth-order valence-electron chi connectivity index (χ4n) is 2.38. The van der Waals surface area contributed by atoms with Gasteiger partial charge in [-0.05, 0) is 0 Å². The average Bonchev–Trinajstić information content (AvgIpc) is 2.46. The first-order valence-corrected chi connectivity index (χ1v) is 9.00. The fraction of sp³-hybridized carbons (Fsp3) is 0.615. The van der Waals surface area contributed by atoms with Gasteiger partial charge < -0.3 is 0 Å². The molecule has 0 saturated carbocycles. The Morgan fingerprint density at radius 3 is 2.56 bits per heavy atom. The van der Waals surface area contributed by atoms with Gasteiger partial charge in [0.05, 0.1) is 0 Å². The number of rotatable bonds is 4. The van der Waals surface area contributed by atoms with Gasteiger partial charge in [0.15, 0.2) is 0 Å². The van der Waals surface area contributed by atoms with Crippen LogP contribution in [0.5, 0.6) is 0 Å². The van der Waals surface area contributed by atoms with E-state index in [0.29, 0.717) is 26.1 Å². The van der Waals surface area contributed by atoms with Crippen molar-refractivity contribution in [3.63, 3.8) is 0 Å². The molecule has 0 amide bonds. The topological polar surface area (TPSA) is 26.3 Å². The van der Waals surface area contributed by atoms with Crippen molar-refractivity contribution in [2.45, 2.75) is 45.6 Å². The van der Waals surface area contributed by atoms with Crippen molar-refractivity contribution < 1.29 is 35.7 Å². The van der Waals surface area contributed by atoms with E-state index >= 15 is 0 Å². The second-order valence-corrected chi connectivity index (χ2v) is 5.98. The molecule has 85 valence electrons. The Morgan fingerprint density at radius 2 is 2.12 bits per heavy atom. The Kier molecular flexibility index (Phi) is 4.93. The van der Waals surface area contributed by atoms with E-state index in [1.165, 1.54) is 5.57 Å². The third-order valence-electron chi connectivity index (χ3n) is 3.52. The Morgan fingerprint density at radius 1 is 1.50 bits per heavy atom. The van der Waals surface area contributed by atoms with E-state index in [1.54, 1.807) is 7.11 Å². The van der Waals surface area contributed by atoms with E-state index < -0.39 is 5.60 Å². The molecule has 2 nitrogen and oxygen atoms in total. The van der Waals surface area contributed by atoms with Gasteiger partial charge in [-0.2, -0.15) is 0 Å².